The minimum absolute atomic E-state index is 0.528. The van der Waals surface area contributed by atoms with Crippen LogP contribution in [0.15, 0.2) is 18.2 Å². The minimum Gasteiger partial charge on any atom is -0.480 e. The smallest absolute Gasteiger partial charge is 0.328 e. The third-order valence-electron chi connectivity index (χ3n) is 2.68. The van der Waals surface area contributed by atoms with Gasteiger partial charge in [-0.3, -0.25) is 0 Å². The van der Waals surface area contributed by atoms with E-state index in [0.717, 1.165) is 11.1 Å². The molecule has 0 spiro atoms. The van der Waals surface area contributed by atoms with Crippen molar-refractivity contribution >= 4 is 17.7 Å². The number of carboxylic acids is 1. The zero-order valence-electron chi connectivity index (χ0n) is 11.0. The van der Waals surface area contributed by atoms with E-state index in [0.29, 0.717) is 5.69 Å². The Hall–Kier alpha value is -2.04. The maximum atomic E-state index is 11.8. The highest BCUT2D eigenvalue weighted by molar-refractivity contribution is 5.94. The van der Waals surface area contributed by atoms with Crippen LogP contribution in [-0.2, 0) is 4.79 Å². The van der Waals surface area contributed by atoms with Gasteiger partial charge in [-0.15, -0.1) is 0 Å². The summed E-state index contributed by atoms with van der Waals surface area (Å²) in [6.07, 6.45) is 0. The number of para-hydroxylation sites is 1. The average molecular weight is 250 g/mol. The molecule has 0 aliphatic heterocycles. The Kier molecular flexibility index (Phi) is 3.96. The molecule has 1 aromatic rings. The maximum Gasteiger partial charge on any atom is 0.328 e. The van der Waals surface area contributed by atoms with Gasteiger partial charge in [-0.25, -0.2) is 9.59 Å². The molecule has 18 heavy (non-hydrogen) atoms. The molecule has 0 saturated carbocycles. The number of hydrogen-bond donors (Lipinski definition) is 3. The second-order valence-electron chi connectivity index (χ2n) is 4.78. The number of amides is 2. The number of anilines is 1. The fraction of sp³-hybridized carbons (Fsp3) is 0.385. The number of aliphatic carboxylic acids is 1. The fourth-order valence-electron chi connectivity index (χ4n) is 1.49. The number of rotatable bonds is 3. The van der Waals surface area contributed by atoms with Crippen LogP contribution < -0.4 is 10.6 Å². The normalized spacial score (nSPS) is 10.9. The van der Waals surface area contributed by atoms with Gasteiger partial charge in [0.15, 0.2) is 0 Å². The molecule has 3 N–H and O–H groups in total. The van der Waals surface area contributed by atoms with Crippen LogP contribution in [0.3, 0.4) is 0 Å². The summed E-state index contributed by atoms with van der Waals surface area (Å²) in [4.78, 5) is 22.7. The lowest BCUT2D eigenvalue weighted by Crippen LogP contribution is -2.51. The second kappa shape index (κ2) is 5.08. The van der Waals surface area contributed by atoms with Crippen molar-refractivity contribution in [3.8, 4) is 0 Å². The number of aryl methyl sites for hydroxylation is 2. The van der Waals surface area contributed by atoms with Crippen molar-refractivity contribution < 1.29 is 14.7 Å². The summed E-state index contributed by atoms with van der Waals surface area (Å²) >= 11 is 0. The van der Waals surface area contributed by atoms with Gasteiger partial charge in [-0.1, -0.05) is 18.2 Å². The van der Waals surface area contributed by atoms with Gasteiger partial charge in [0.2, 0.25) is 0 Å². The molecule has 0 unspecified atom stereocenters. The first-order valence-electron chi connectivity index (χ1n) is 5.63. The predicted molar refractivity (Wildman–Crippen MR) is 69.8 cm³/mol. The summed E-state index contributed by atoms with van der Waals surface area (Å²) in [5.41, 5.74) is 1.26. The number of hydrogen-bond acceptors (Lipinski definition) is 2. The number of nitrogens with one attached hydrogen (secondary N) is 2. The SMILES string of the molecule is Cc1cccc(C)c1NC(=O)NC(C)(C)C(=O)O. The van der Waals surface area contributed by atoms with E-state index >= 15 is 0 Å². The van der Waals surface area contributed by atoms with E-state index in [9.17, 15) is 9.59 Å². The average Bonchev–Trinajstić information content (AvgIpc) is 2.22. The van der Waals surface area contributed by atoms with E-state index in [1.165, 1.54) is 13.8 Å². The van der Waals surface area contributed by atoms with E-state index < -0.39 is 17.5 Å². The van der Waals surface area contributed by atoms with Crippen LogP contribution in [0.25, 0.3) is 0 Å². The summed E-state index contributed by atoms with van der Waals surface area (Å²) in [5, 5.41) is 14.0. The maximum absolute atomic E-state index is 11.8. The van der Waals surface area contributed by atoms with Gasteiger partial charge < -0.3 is 15.7 Å². The van der Waals surface area contributed by atoms with Gasteiger partial charge in [0.1, 0.15) is 5.54 Å². The highest BCUT2D eigenvalue weighted by Crippen LogP contribution is 2.19. The molecule has 0 bridgehead atoms. The third-order valence-corrected chi connectivity index (χ3v) is 2.68. The van der Waals surface area contributed by atoms with Gasteiger partial charge in [0.05, 0.1) is 0 Å². The standard InChI is InChI=1S/C13H18N2O3/c1-8-6-5-7-9(2)10(8)14-12(18)15-13(3,4)11(16)17/h5-7H,1-4H3,(H,16,17)(H2,14,15,18). The predicted octanol–water partition coefficient (Wildman–Crippen LogP) is 2.29. The van der Waals surface area contributed by atoms with Crippen molar-refractivity contribution in [1.29, 1.82) is 0 Å². The molecule has 0 aromatic heterocycles. The summed E-state index contributed by atoms with van der Waals surface area (Å²) in [7, 11) is 0. The van der Waals surface area contributed by atoms with Crippen molar-refractivity contribution in [2.75, 3.05) is 5.32 Å². The molecular formula is C13H18N2O3. The van der Waals surface area contributed by atoms with E-state index in [1.807, 2.05) is 32.0 Å². The first-order valence-corrected chi connectivity index (χ1v) is 5.63. The molecular weight excluding hydrogens is 232 g/mol. The Morgan fingerprint density at radius 1 is 1.17 bits per heavy atom. The third kappa shape index (κ3) is 3.23. The highest BCUT2D eigenvalue weighted by Gasteiger charge is 2.29. The van der Waals surface area contributed by atoms with Crippen LogP contribution in [0, 0.1) is 13.8 Å². The molecule has 1 rings (SSSR count). The first-order chi connectivity index (χ1) is 8.24. The Labute approximate surface area is 106 Å². The molecule has 0 aliphatic rings. The molecule has 0 heterocycles. The Morgan fingerprint density at radius 3 is 2.11 bits per heavy atom. The summed E-state index contributed by atoms with van der Waals surface area (Å²) < 4.78 is 0. The first kappa shape index (κ1) is 14.0. The molecule has 2 amide bonds. The quantitative estimate of drug-likeness (QED) is 0.770. The molecule has 0 aliphatic carbocycles. The van der Waals surface area contributed by atoms with Crippen molar-refractivity contribution in [1.82, 2.24) is 5.32 Å². The molecule has 0 atom stereocenters. The van der Waals surface area contributed by atoms with Crippen molar-refractivity contribution in [2.24, 2.45) is 0 Å². The number of carbonyl (C=O) groups excluding carboxylic acids is 1. The molecule has 1 aromatic carbocycles. The Balaban J connectivity index is 2.80. The zero-order chi connectivity index (χ0) is 13.9. The number of benzene rings is 1. The minimum atomic E-state index is -1.30. The summed E-state index contributed by atoms with van der Waals surface area (Å²) in [6, 6.07) is 5.13. The Morgan fingerprint density at radius 2 is 1.67 bits per heavy atom. The van der Waals surface area contributed by atoms with Gasteiger partial charge in [-0.05, 0) is 38.8 Å². The van der Waals surface area contributed by atoms with E-state index in [1.54, 1.807) is 0 Å². The fourth-order valence-corrected chi connectivity index (χ4v) is 1.49. The number of urea groups is 1. The molecule has 0 fully saturated rings. The van der Waals surface area contributed by atoms with Crippen LogP contribution in [0.2, 0.25) is 0 Å². The second-order valence-corrected chi connectivity index (χ2v) is 4.78. The van der Waals surface area contributed by atoms with Crippen LogP contribution in [0.5, 0.6) is 0 Å². The largest absolute Gasteiger partial charge is 0.480 e. The number of carboxylic acid groups (broad SMARTS) is 1. The lowest BCUT2D eigenvalue weighted by atomic mass is 10.1. The topological polar surface area (TPSA) is 78.4 Å². The van der Waals surface area contributed by atoms with Crippen LogP contribution >= 0.6 is 0 Å². The lowest BCUT2D eigenvalue weighted by Gasteiger charge is -2.22. The monoisotopic (exact) mass is 250 g/mol. The Bertz CT molecular complexity index is 461. The van der Waals surface area contributed by atoms with E-state index in [2.05, 4.69) is 10.6 Å². The van der Waals surface area contributed by atoms with Crippen LogP contribution in [0.1, 0.15) is 25.0 Å². The van der Waals surface area contributed by atoms with E-state index in [4.69, 9.17) is 5.11 Å². The number of carbonyl (C=O) groups is 2. The van der Waals surface area contributed by atoms with Crippen molar-refractivity contribution in [3.63, 3.8) is 0 Å². The highest BCUT2D eigenvalue weighted by atomic mass is 16.4. The van der Waals surface area contributed by atoms with Crippen molar-refractivity contribution in [2.45, 2.75) is 33.2 Å². The molecule has 98 valence electrons. The molecule has 0 saturated heterocycles. The lowest BCUT2D eigenvalue weighted by molar-refractivity contribution is -0.142. The zero-order valence-corrected chi connectivity index (χ0v) is 11.0. The molecule has 5 heteroatoms. The van der Waals surface area contributed by atoms with Gasteiger partial charge in [0.25, 0.3) is 0 Å². The van der Waals surface area contributed by atoms with E-state index in [-0.39, 0.29) is 0 Å². The summed E-state index contributed by atoms with van der Waals surface area (Å²) in [6.45, 7) is 6.62. The molecule has 5 nitrogen and oxygen atoms in total. The van der Waals surface area contributed by atoms with Gasteiger partial charge in [0, 0.05) is 5.69 Å². The van der Waals surface area contributed by atoms with Crippen LogP contribution in [0.4, 0.5) is 10.5 Å². The molecule has 0 radical (unpaired) electrons. The van der Waals surface area contributed by atoms with Gasteiger partial charge in [-0.2, -0.15) is 0 Å². The summed E-state index contributed by atoms with van der Waals surface area (Å²) in [5.74, 6) is -1.08. The van der Waals surface area contributed by atoms with Crippen LogP contribution in [-0.4, -0.2) is 22.6 Å². The van der Waals surface area contributed by atoms with Crippen molar-refractivity contribution in [3.05, 3.63) is 29.3 Å². The van der Waals surface area contributed by atoms with Gasteiger partial charge >= 0.3 is 12.0 Å².